The second kappa shape index (κ2) is 6.66. The first kappa shape index (κ1) is 14.7. The van der Waals surface area contributed by atoms with E-state index in [0.29, 0.717) is 6.54 Å². The first-order chi connectivity index (χ1) is 9.61. The molecule has 1 N–H and O–H groups in total. The van der Waals surface area contributed by atoms with Gasteiger partial charge in [0.25, 0.3) is 0 Å². The van der Waals surface area contributed by atoms with E-state index in [1.165, 1.54) is 0 Å². The summed E-state index contributed by atoms with van der Waals surface area (Å²) in [5, 5.41) is 2.69. The first-order valence-electron chi connectivity index (χ1n) is 7.17. The van der Waals surface area contributed by atoms with Crippen molar-refractivity contribution < 1.29 is 9.59 Å². The SMILES string of the molecule is CNC(=O)C1CCCCN1CC(=O)c1cccc(C)c1. The fourth-order valence-corrected chi connectivity index (χ4v) is 2.74. The van der Waals surface area contributed by atoms with E-state index < -0.39 is 0 Å². The molecule has 108 valence electrons. The zero-order valence-electron chi connectivity index (χ0n) is 12.2. The zero-order chi connectivity index (χ0) is 14.5. The third-order valence-corrected chi connectivity index (χ3v) is 3.85. The Morgan fingerprint density at radius 3 is 2.85 bits per heavy atom. The molecule has 1 fully saturated rings. The summed E-state index contributed by atoms with van der Waals surface area (Å²) in [4.78, 5) is 26.2. The molecule has 20 heavy (non-hydrogen) atoms. The van der Waals surface area contributed by atoms with Crippen LogP contribution in [-0.2, 0) is 4.79 Å². The molecule has 0 aromatic heterocycles. The molecule has 1 saturated heterocycles. The van der Waals surface area contributed by atoms with Crippen molar-refractivity contribution in [2.24, 2.45) is 0 Å². The van der Waals surface area contributed by atoms with Gasteiger partial charge < -0.3 is 5.32 Å². The molecule has 0 saturated carbocycles. The van der Waals surface area contributed by atoms with Crippen molar-refractivity contribution in [2.75, 3.05) is 20.1 Å². The molecule has 0 radical (unpaired) electrons. The second-order valence-corrected chi connectivity index (χ2v) is 5.39. The van der Waals surface area contributed by atoms with Gasteiger partial charge in [-0.1, -0.05) is 30.2 Å². The highest BCUT2D eigenvalue weighted by Gasteiger charge is 2.29. The third-order valence-electron chi connectivity index (χ3n) is 3.85. The van der Waals surface area contributed by atoms with E-state index in [9.17, 15) is 9.59 Å². The van der Waals surface area contributed by atoms with Crippen LogP contribution in [0.1, 0.15) is 35.2 Å². The van der Waals surface area contributed by atoms with Crippen LogP contribution < -0.4 is 5.32 Å². The van der Waals surface area contributed by atoms with Crippen LogP contribution in [0.15, 0.2) is 24.3 Å². The van der Waals surface area contributed by atoms with Gasteiger partial charge in [0.2, 0.25) is 5.91 Å². The minimum Gasteiger partial charge on any atom is -0.358 e. The average Bonchev–Trinajstić information content (AvgIpc) is 2.47. The van der Waals surface area contributed by atoms with Crippen molar-refractivity contribution >= 4 is 11.7 Å². The summed E-state index contributed by atoms with van der Waals surface area (Å²) in [6.07, 6.45) is 2.93. The van der Waals surface area contributed by atoms with Crippen molar-refractivity contribution in [3.63, 3.8) is 0 Å². The van der Waals surface area contributed by atoms with Crippen LogP contribution in [0, 0.1) is 6.92 Å². The number of carbonyl (C=O) groups is 2. The molecular weight excluding hydrogens is 252 g/mol. The molecule has 1 aromatic carbocycles. The summed E-state index contributed by atoms with van der Waals surface area (Å²) in [6, 6.07) is 7.46. The molecule has 0 aliphatic carbocycles. The number of carbonyl (C=O) groups excluding carboxylic acids is 2. The van der Waals surface area contributed by atoms with Gasteiger partial charge in [-0.3, -0.25) is 14.5 Å². The molecule has 4 nitrogen and oxygen atoms in total. The van der Waals surface area contributed by atoms with Gasteiger partial charge in [-0.15, -0.1) is 0 Å². The number of likely N-dealkylation sites (tertiary alicyclic amines) is 1. The monoisotopic (exact) mass is 274 g/mol. The lowest BCUT2D eigenvalue weighted by atomic mass is 10.00. The highest BCUT2D eigenvalue weighted by Crippen LogP contribution is 2.18. The Morgan fingerprint density at radius 2 is 2.15 bits per heavy atom. The summed E-state index contributed by atoms with van der Waals surface area (Å²) in [5.41, 5.74) is 1.81. The maximum absolute atomic E-state index is 12.3. The number of piperidine rings is 1. The number of amides is 1. The Balaban J connectivity index is 2.07. The first-order valence-corrected chi connectivity index (χ1v) is 7.17. The van der Waals surface area contributed by atoms with Crippen LogP contribution in [0.5, 0.6) is 0 Å². The predicted molar refractivity (Wildman–Crippen MR) is 78.8 cm³/mol. The van der Waals surface area contributed by atoms with E-state index in [-0.39, 0.29) is 17.7 Å². The van der Waals surface area contributed by atoms with Gasteiger partial charge in [0.1, 0.15) is 0 Å². The van der Waals surface area contributed by atoms with Crippen molar-refractivity contribution in [2.45, 2.75) is 32.2 Å². The Hall–Kier alpha value is -1.68. The summed E-state index contributed by atoms with van der Waals surface area (Å²) >= 11 is 0. The van der Waals surface area contributed by atoms with E-state index in [1.807, 2.05) is 36.1 Å². The minimum absolute atomic E-state index is 0.0155. The second-order valence-electron chi connectivity index (χ2n) is 5.39. The maximum Gasteiger partial charge on any atom is 0.237 e. The van der Waals surface area contributed by atoms with E-state index in [1.54, 1.807) is 7.05 Å². The summed E-state index contributed by atoms with van der Waals surface area (Å²) in [6.45, 7) is 3.11. The van der Waals surface area contributed by atoms with Gasteiger partial charge in [0.15, 0.2) is 5.78 Å². The Kier molecular flexibility index (Phi) is 4.90. The third kappa shape index (κ3) is 3.45. The topological polar surface area (TPSA) is 49.4 Å². The lowest BCUT2D eigenvalue weighted by molar-refractivity contribution is -0.126. The summed E-state index contributed by atoms with van der Waals surface area (Å²) < 4.78 is 0. The molecule has 1 aliphatic heterocycles. The van der Waals surface area contributed by atoms with Crippen molar-refractivity contribution in [1.82, 2.24) is 10.2 Å². The summed E-state index contributed by atoms with van der Waals surface area (Å²) in [7, 11) is 1.65. The lowest BCUT2D eigenvalue weighted by Gasteiger charge is -2.33. The van der Waals surface area contributed by atoms with E-state index in [0.717, 1.165) is 36.9 Å². The van der Waals surface area contributed by atoms with E-state index in [4.69, 9.17) is 0 Å². The van der Waals surface area contributed by atoms with Gasteiger partial charge in [0, 0.05) is 12.6 Å². The minimum atomic E-state index is -0.164. The van der Waals surface area contributed by atoms with Gasteiger partial charge in [0.05, 0.1) is 12.6 Å². The Labute approximate surface area is 120 Å². The van der Waals surface area contributed by atoms with E-state index in [2.05, 4.69) is 5.32 Å². The van der Waals surface area contributed by atoms with Crippen LogP contribution in [0.4, 0.5) is 0 Å². The quantitative estimate of drug-likeness (QED) is 0.851. The molecule has 1 aliphatic rings. The van der Waals surface area contributed by atoms with Crippen LogP contribution in [0.2, 0.25) is 0 Å². The Bertz CT molecular complexity index is 499. The highest BCUT2D eigenvalue weighted by molar-refractivity contribution is 5.98. The highest BCUT2D eigenvalue weighted by atomic mass is 16.2. The zero-order valence-corrected chi connectivity index (χ0v) is 12.2. The van der Waals surface area contributed by atoms with Crippen LogP contribution in [0.3, 0.4) is 0 Å². The number of nitrogens with zero attached hydrogens (tertiary/aromatic N) is 1. The van der Waals surface area contributed by atoms with Gasteiger partial charge >= 0.3 is 0 Å². The molecule has 1 heterocycles. The number of hydrogen-bond donors (Lipinski definition) is 1. The molecule has 1 unspecified atom stereocenters. The van der Waals surface area contributed by atoms with Crippen molar-refractivity contribution in [1.29, 1.82) is 0 Å². The molecule has 0 spiro atoms. The molecule has 1 atom stereocenters. The molecular formula is C16H22N2O2. The number of hydrogen-bond acceptors (Lipinski definition) is 3. The normalized spacial score (nSPS) is 19.6. The van der Waals surface area contributed by atoms with Gasteiger partial charge in [-0.25, -0.2) is 0 Å². The van der Waals surface area contributed by atoms with Crippen molar-refractivity contribution in [3.05, 3.63) is 35.4 Å². The Morgan fingerprint density at radius 1 is 1.35 bits per heavy atom. The fraction of sp³-hybridized carbons (Fsp3) is 0.500. The number of ketones is 1. The number of Topliss-reactive ketones (excluding diaryl/α,β-unsaturated/α-hetero) is 1. The van der Waals surface area contributed by atoms with Crippen LogP contribution >= 0.6 is 0 Å². The molecule has 0 bridgehead atoms. The number of aryl methyl sites for hydroxylation is 1. The van der Waals surface area contributed by atoms with E-state index >= 15 is 0 Å². The van der Waals surface area contributed by atoms with Crippen molar-refractivity contribution in [3.8, 4) is 0 Å². The molecule has 1 amide bonds. The largest absolute Gasteiger partial charge is 0.358 e. The van der Waals surface area contributed by atoms with Crippen LogP contribution in [-0.4, -0.2) is 42.8 Å². The number of rotatable bonds is 4. The number of benzene rings is 1. The van der Waals surface area contributed by atoms with Crippen LogP contribution in [0.25, 0.3) is 0 Å². The lowest BCUT2D eigenvalue weighted by Crippen LogP contribution is -2.50. The van der Waals surface area contributed by atoms with Gasteiger partial charge in [-0.2, -0.15) is 0 Å². The molecule has 2 rings (SSSR count). The predicted octanol–water partition coefficient (Wildman–Crippen LogP) is 1.78. The number of likely N-dealkylation sites (N-methyl/N-ethyl adjacent to an activating group) is 1. The molecule has 1 aromatic rings. The van der Waals surface area contributed by atoms with Gasteiger partial charge in [-0.05, 0) is 32.4 Å². The molecule has 4 heteroatoms. The maximum atomic E-state index is 12.3. The standard InChI is InChI=1S/C16H22N2O2/c1-12-6-5-7-13(10-12)15(19)11-18-9-4-3-8-14(18)16(20)17-2/h5-7,10,14H,3-4,8-9,11H2,1-2H3,(H,17,20). The smallest absolute Gasteiger partial charge is 0.237 e. The number of nitrogens with one attached hydrogen (secondary N) is 1. The average molecular weight is 274 g/mol. The summed E-state index contributed by atoms with van der Waals surface area (Å²) in [5.74, 6) is 0.103. The fourth-order valence-electron chi connectivity index (χ4n) is 2.74.